The first-order valence-electron chi connectivity index (χ1n) is 4.99. The van der Waals surface area contributed by atoms with Crippen molar-refractivity contribution in [2.75, 3.05) is 13.1 Å². The molecule has 0 aromatic rings. The smallest absolute Gasteiger partial charge is 0.0732 e. The molecule has 0 aliphatic carbocycles. The van der Waals surface area contributed by atoms with Gasteiger partial charge < -0.3 is 15.8 Å². The second-order valence-electron chi connectivity index (χ2n) is 3.80. The van der Waals surface area contributed by atoms with Crippen molar-refractivity contribution in [1.82, 2.24) is 5.32 Å². The molecule has 0 radical (unpaired) electrons. The third-order valence-corrected chi connectivity index (χ3v) is 2.94. The van der Waals surface area contributed by atoms with E-state index in [1.165, 1.54) is 25.7 Å². The lowest BCUT2D eigenvalue weighted by atomic mass is 10.0. The number of hydrogen-bond donors (Lipinski definition) is 2. The summed E-state index contributed by atoms with van der Waals surface area (Å²) in [4.78, 5) is 0. The minimum absolute atomic E-state index is 0.482. The third-order valence-electron chi connectivity index (χ3n) is 2.94. The van der Waals surface area contributed by atoms with Crippen LogP contribution in [0.3, 0.4) is 0 Å². The zero-order valence-electron chi connectivity index (χ0n) is 7.46. The second kappa shape index (κ2) is 3.73. The zero-order chi connectivity index (χ0) is 8.39. The molecular weight excluding hydrogens is 152 g/mol. The molecule has 12 heavy (non-hydrogen) atoms. The van der Waals surface area contributed by atoms with Crippen molar-refractivity contribution in [2.24, 2.45) is 5.73 Å². The van der Waals surface area contributed by atoms with E-state index in [0.29, 0.717) is 18.2 Å². The molecule has 0 saturated carbocycles. The molecule has 2 bridgehead atoms. The molecule has 3 heteroatoms. The molecule has 3 N–H and O–H groups in total. The van der Waals surface area contributed by atoms with Crippen LogP contribution in [0.25, 0.3) is 0 Å². The van der Waals surface area contributed by atoms with Gasteiger partial charge in [-0.1, -0.05) is 0 Å². The molecule has 0 spiro atoms. The zero-order valence-corrected chi connectivity index (χ0v) is 7.46. The van der Waals surface area contributed by atoms with E-state index >= 15 is 0 Å². The van der Waals surface area contributed by atoms with Crippen LogP contribution < -0.4 is 11.1 Å². The van der Waals surface area contributed by atoms with Crippen molar-refractivity contribution in [3.8, 4) is 0 Å². The highest BCUT2D eigenvalue weighted by molar-refractivity contribution is 4.89. The molecule has 2 aliphatic rings. The van der Waals surface area contributed by atoms with Gasteiger partial charge in [-0.25, -0.2) is 0 Å². The SMILES string of the molecule is NCCNC1CCC2CCC1O2. The van der Waals surface area contributed by atoms with Crippen LogP contribution >= 0.6 is 0 Å². The Morgan fingerprint density at radius 3 is 2.92 bits per heavy atom. The molecule has 70 valence electrons. The summed E-state index contributed by atoms with van der Waals surface area (Å²) in [6, 6.07) is 0.576. The fraction of sp³-hybridized carbons (Fsp3) is 1.00. The van der Waals surface area contributed by atoms with Gasteiger partial charge in [0.05, 0.1) is 12.2 Å². The predicted octanol–water partition coefficient (Wildman–Crippen LogP) is 0.245. The molecule has 2 saturated heterocycles. The highest BCUT2D eigenvalue weighted by Gasteiger charge is 2.35. The normalized spacial score (nSPS) is 40.2. The standard InChI is InChI=1S/C9H18N2O/c10-5-6-11-8-3-1-7-2-4-9(8)12-7/h7-9,11H,1-6,10H2. The highest BCUT2D eigenvalue weighted by atomic mass is 16.5. The maximum atomic E-state index is 5.80. The molecule has 0 amide bonds. The Balaban J connectivity index is 1.81. The summed E-state index contributed by atoms with van der Waals surface area (Å²) in [5, 5.41) is 3.45. The van der Waals surface area contributed by atoms with Crippen LogP contribution in [0.5, 0.6) is 0 Å². The fourth-order valence-corrected chi connectivity index (χ4v) is 2.30. The number of nitrogens with one attached hydrogen (secondary N) is 1. The van der Waals surface area contributed by atoms with Crippen LogP contribution in [0.15, 0.2) is 0 Å². The lowest BCUT2D eigenvalue weighted by molar-refractivity contribution is -0.0159. The number of nitrogens with two attached hydrogens (primary N) is 1. The van der Waals surface area contributed by atoms with E-state index in [1.807, 2.05) is 0 Å². The Morgan fingerprint density at radius 1 is 1.25 bits per heavy atom. The van der Waals surface area contributed by atoms with E-state index in [4.69, 9.17) is 10.5 Å². The average Bonchev–Trinajstić information content (AvgIpc) is 2.48. The van der Waals surface area contributed by atoms with Crippen LogP contribution in [0, 0.1) is 0 Å². The van der Waals surface area contributed by atoms with E-state index in [9.17, 15) is 0 Å². The van der Waals surface area contributed by atoms with Gasteiger partial charge in [0, 0.05) is 19.1 Å². The summed E-state index contributed by atoms with van der Waals surface area (Å²) < 4.78 is 5.80. The van der Waals surface area contributed by atoms with Gasteiger partial charge in [-0.05, 0) is 25.7 Å². The van der Waals surface area contributed by atoms with Crippen LogP contribution in [0.2, 0.25) is 0 Å². The topological polar surface area (TPSA) is 47.3 Å². The largest absolute Gasteiger partial charge is 0.373 e. The molecule has 2 fully saturated rings. The van der Waals surface area contributed by atoms with Gasteiger partial charge in [-0.2, -0.15) is 0 Å². The molecule has 2 rings (SSSR count). The Labute approximate surface area is 73.7 Å². The molecule has 0 aromatic carbocycles. The quantitative estimate of drug-likeness (QED) is 0.638. The Bertz CT molecular complexity index is 151. The first kappa shape index (κ1) is 8.48. The fourth-order valence-electron chi connectivity index (χ4n) is 2.30. The third kappa shape index (κ3) is 1.63. The minimum atomic E-state index is 0.482. The van der Waals surface area contributed by atoms with E-state index < -0.39 is 0 Å². The Hall–Kier alpha value is -0.120. The first-order chi connectivity index (χ1) is 5.90. The van der Waals surface area contributed by atoms with Crippen molar-refractivity contribution in [3.05, 3.63) is 0 Å². The van der Waals surface area contributed by atoms with Crippen LogP contribution in [-0.4, -0.2) is 31.3 Å². The predicted molar refractivity (Wildman–Crippen MR) is 48.0 cm³/mol. The van der Waals surface area contributed by atoms with E-state index in [-0.39, 0.29) is 0 Å². The van der Waals surface area contributed by atoms with Crippen molar-refractivity contribution < 1.29 is 4.74 Å². The van der Waals surface area contributed by atoms with Gasteiger partial charge in [0.25, 0.3) is 0 Å². The Morgan fingerprint density at radius 2 is 2.08 bits per heavy atom. The number of hydrogen-bond acceptors (Lipinski definition) is 3. The highest BCUT2D eigenvalue weighted by Crippen LogP contribution is 2.32. The second-order valence-corrected chi connectivity index (χ2v) is 3.80. The summed E-state index contributed by atoms with van der Waals surface area (Å²) in [6.07, 6.45) is 6.08. The summed E-state index contributed by atoms with van der Waals surface area (Å²) in [5.41, 5.74) is 5.44. The molecule has 3 unspecified atom stereocenters. The van der Waals surface area contributed by atoms with Gasteiger partial charge >= 0.3 is 0 Å². The molecule has 2 aliphatic heterocycles. The molecule has 2 heterocycles. The average molecular weight is 170 g/mol. The van der Waals surface area contributed by atoms with Crippen molar-refractivity contribution >= 4 is 0 Å². The van der Waals surface area contributed by atoms with E-state index in [0.717, 1.165) is 13.1 Å². The number of fused-ring (bicyclic) bond motifs is 2. The van der Waals surface area contributed by atoms with Crippen LogP contribution in [0.4, 0.5) is 0 Å². The van der Waals surface area contributed by atoms with Gasteiger partial charge in [0.15, 0.2) is 0 Å². The van der Waals surface area contributed by atoms with Gasteiger partial charge in [0.2, 0.25) is 0 Å². The van der Waals surface area contributed by atoms with Gasteiger partial charge in [0.1, 0.15) is 0 Å². The summed E-state index contributed by atoms with van der Waals surface area (Å²) >= 11 is 0. The molecule has 3 atom stereocenters. The van der Waals surface area contributed by atoms with Gasteiger partial charge in [-0.15, -0.1) is 0 Å². The molecule has 3 nitrogen and oxygen atoms in total. The molecule has 0 aromatic heterocycles. The van der Waals surface area contributed by atoms with Crippen molar-refractivity contribution in [1.29, 1.82) is 0 Å². The number of rotatable bonds is 3. The van der Waals surface area contributed by atoms with Crippen molar-refractivity contribution in [2.45, 2.75) is 43.9 Å². The number of ether oxygens (including phenoxy) is 1. The van der Waals surface area contributed by atoms with Crippen molar-refractivity contribution in [3.63, 3.8) is 0 Å². The monoisotopic (exact) mass is 170 g/mol. The van der Waals surface area contributed by atoms with Crippen LogP contribution in [0.1, 0.15) is 25.7 Å². The summed E-state index contributed by atoms with van der Waals surface area (Å²) in [5.74, 6) is 0. The lowest BCUT2D eigenvalue weighted by Crippen LogP contribution is -2.44. The van der Waals surface area contributed by atoms with E-state index in [1.54, 1.807) is 0 Å². The maximum Gasteiger partial charge on any atom is 0.0732 e. The first-order valence-corrected chi connectivity index (χ1v) is 4.99. The lowest BCUT2D eigenvalue weighted by Gasteiger charge is -2.29. The minimum Gasteiger partial charge on any atom is -0.373 e. The summed E-state index contributed by atoms with van der Waals surface area (Å²) in [7, 11) is 0. The van der Waals surface area contributed by atoms with E-state index in [2.05, 4.69) is 5.32 Å². The maximum absolute atomic E-state index is 5.80. The van der Waals surface area contributed by atoms with Crippen LogP contribution in [-0.2, 0) is 4.74 Å². The Kier molecular flexibility index (Phi) is 2.63. The summed E-state index contributed by atoms with van der Waals surface area (Å²) in [6.45, 7) is 1.65. The van der Waals surface area contributed by atoms with Gasteiger partial charge in [-0.3, -0.25) is 0 Å². The molecular formula is C9H18N2O.